The predicted molar refractivity (Wildman–Crippen MR) is 91.3 cm³/mol. The van der Waals surface area contributed by atoms with Crippen molar-refractivity contribution in [2.75, 3.05) is 18.6 Å². The molecule has 0 aliphatic heterocycles. The molecular formula is C17H35NO2S. The third-order valence-corrected chi connectivity index (χ3v) is 7.14. The summed E-state index contributed by atoms with van der Waals surface area (Å²) in [6, 6.07) is 0.484. The van der Waals surface area contributed by atoms with Gasteiger partial charge in [-0.25, -0.2) is 8.42 Å². The van der Waals surface area contributed by atoms with Crippen molar-refractivity contribution in [3.63, 3.8) is 0 Å². The summed E-state index contributed by atoms with van der Waals surface area (Å²) in [5, 5.41) is 3.43. The summed E-state index contributed by atoms with van der Waals surface area (Å²) >= 11 is 0. The lowest BCUT2D eigenvalue weighted by atomic mass is 9.68. The van der Waals surface area contributed by atoms with Crippen LogP contribution in [0.15, 0.2) is 0 Å². The first kappa shape index (κ1) is 19.0. The van der Waals surface area contributed by atoms with Gasteiger partial charge in [-0.2, -0.15) is 0 Å². The minimum atomic E-state index is -2.81. The van der Waals surface area contributed by atoms with Crippen molar-refractivity contribution in [3.05, 3.63) is 0 Å². The first-order valence-corrected chi connectivity index (χ1v) is 10.4. The van der Waals surface area contributed by atoms with E-state index >= 15 is 0 Å². The number of hydrogen-bond donors (Lipinski definition) is 1. The molecule has 126 valence electrons. The molecule has 0 saturated heterocycles. The predicted octanol–water partition coefficient (Wildman–Crippen LogP) is 3.64. The number of nitrogens with one attached hydrogen (secondary N) is 1. The van der Waals surface area contributed by atoms with Crippen molar-refractivity contribution in [1.29, 1.82) is 0 Å². The van der Waals surface area contributed by atoms with Crippen LogP contribution in [0.3, 0.4) is 0 Å². The summed E-state index contributed by atoms with van der Waals surface area (Å²) in [6.45, 7) is 8.79. The quantitative estimate of drug-likeness (QED) is 0.780. The van der Waals surface area contributed by atoms with Gasteiger partial charge in [0.25, 0.3) is 0 Å². The van der Waals surface area contributed by atoms with E-state index in [1.165, 1.54) is 25.7 Å². The third kappa shape index (κ3) is 6.27. The van der Waals surface area contributed by atoms with Crippen LogP contribution in [-0.2, 0) is 9.84 Å². The van der Waals surface area contributed by atoms with Gasteiger partial charge in [0.2, 0.25) is 0 Å². The van der Waals surface area contributed by atoms with E-state index in [1.54, 1.807) is 6.92 Å². The molecule has 0 aromatic carbocycles. The van der Waals surface area contributed by atoms with Gasteiger partial charge < -0.3 is 5.32 Å². The summed E-state index contributed by atoms with van der Waals surface area (Å²) in [6.07, 6.45) is 6.99. The summed E-state index contributed by atoms with van der Waals surface area (Å²) < 4.78 is 23.2. The van der Waals surface area contributed by atoms with Gasteiger partial charge in [-0.1, -0.05) is 27.7 Å². The molecule has 3 nitrogen and oxygen atoms in total. The molecular weight excluding hydrogens is 282 g/mol. The SMILES string of the molecule is CCS(=O)(=O)CCCC(NC)C1CCC(C(C)(C)C)CC1. The molecule has 0 heterocycles. The Kier molecular flexibility index (Phi) is 7.18. The molecule has 1 unspecified atom stereocenters. The normalized spacial score (nSPS) is 25.8. The smallest absolute Gasteiger partial charge is 0.150 e. The largest absolute Gasteiger partial charge is 0.317 e. The average molecular weight is 318 g/mol. The fourth-order valence-electron chi connectivity index (χ4n) is 3.67. The molecule has 1 atom stereocenters. The molecule has 4 heteroatoms. The Hall–Kier alpha value is -0.0900. The van der Waals surface area contributed by atoms with Gasteiger partial charge in [0.15, 0.2) is 0 Å². The zero-order valence-corrected chi connectivity index (χ0v) is 15.4. The van der Waals surface area contributed by atoms with Crippen LogP contribution in [0.5, 0.6) is 0 Å². The summed E-state index contributed by atoms with van der Waals surface area (Å²) in [4.78, 5) is 0. The lowest BCUT2D eigenvalue weighted by Crippen LogP contribution is -2.38. The minimum Gasteiger partial charge on any atom is -0.317 e. The van der Waals surface area contributed by atoms with E-state index in [1.807, 2.05) is 7.05 Å². The maximum atomic E-state index is 11.6. The monoisotopic (exact) mass is 317 g/mol. The van der Waals surface area contributed by atoms with Crippen molar-refractivity contribution in [3.8, 4) is 0 Å². The number of sulfone groups is 1. The van der Waals surface area contributed by atoms with Gasteiger partial charge in [0.1, 0.15) is 9.84 Å². The highest BCUT2D eigenvalue weighted by Gasteiger charge is 2.32. The van der Waals surface area contributed by atoms with E-state index in [2.05, 4.69) is 26.1 Å². The van der Waals surface area contributed by atoms with Gasteiger partial charge in [0, 0.05) is 11.8 Å². The van der Waals surface area contributed by atoms with Crippen LogP contribution in [0, 0.1) is 17.3 Å². The Labute approximate surface area is 132 Å². The maximum Gasteiger partial charge on any atom is 0.150 e. The average Bonchev–Trinajstić information content (AvgIpc) is 2.43. The Morgan fingerprint density at radius 2 is 1.71 bits per heavy atom. The Morgan fingerprint density at radius 1 is 1.14 bits per heavy atom. The van der Waals surface area contributed by atoms with E-state index in [9.17, 15) is 8.42 Å². The fraction of sp³-hybridized carbons (Fsp3) is 1.00. The van der Waals surface area contributed by atoms with E-state index in [4.69, 9.17) is 0 Å². The van der Waals surface area contributed by atoms with E-state index in [-0.39, 0.29) is 5.75 Å². The van der Waals surface area contributed by atoms with Crippen molar-refractivity contribution in [2.45, 2.75) is 72.3 Å². The third-order valence-electron chi connectivity index (χ3n) is 5.35. The first-order valence-electron chi connectivity index (χ1n) is 8.57. The highest BCUT2D eigenvalue weighted by atomic mass is 32.2. The van der Waals surface area contributed by atoms with Crippen LogP contribution in [0.25, 0.3) is 0 Å². The highest BCUT2D eigenvalue weighted by molar-refractivity contribution is 7.91. The molecule has 0 aromatic rings. The molecule has 1 N–H and O–H groups in total. The first-order chi connectivity index (χ1) is 9.69. The lowest BCUT2D eigenvalue weighted by Gasteiger charge is -2.39. The summed E-state index contributed by atoms with van der Waals surface area (Å²) in [5.41, 5.74) is 0.426. The van der Waals surface area contributed by atoms with Gasteiger partial charge >= 0.3 is 0 Å². The molecule has 0 radical (unpaired) electrons. The van der Waals surface area contributed by atoms with Crippen LogP contribution in [-0.4, -0.2) is 33.0 Å². The molecule has 0 amide bonds. The molecule has 1 saturated carbocycles. The topological polar surface area (TPSA) is 46.2 Å². The Bertz CT molecular complexity index is 390. The van der Waals surface area contributed by atoms with Gasteiger partial charge in [-0.15, -0.1) is 0 Å². The second-order valence-corrected chi connectivity index (χ2v) is 10.2. The van der Waals surface area contributed by atoms with Crippen LogP contribution in [0.4, 0.5) is 0 Å². The second-order valence-electron chi connectivity index (χ2n) is 7.75. The summed E-state index contributed by atoms with van der Waals surface area (Å²) in [7, 11) is -0.787. The van der Waals surface area contributed by atoms with Gasteiger partial charge in [0.05, 0.1) is 5.75 Å². The van der Waals surface area contributed by atoms with Crippen molar-refractivity contribution in [2.24, 2.45) is 17.3 Å². The van der Waals surface area contributed by atoms with E-state index in [0.29, 0.717) is 17.2 Å². The van der Waals surface area contributed by atoms with Crippen LogP contribution >= 0.6 is 0 Å². The van der Waals surface area contributed by atoms with Gasteiger partial charge in [-0.05, 0) is 62.8 Å². The fourth-order valence-corrected chi connectivity index (χ4v) is 4.57. The molecule has 0 spiro atoms. The minimum absolute atomic E-state index is 0.272. The van der Waals surface area contributed by atoms with Crippen molar-refractivity contribution >= 4 is 9.84 Å². The molecule has 1 fully saturated rings. The standard InChI is InChI=1S/C17H35NO2S/c1-6-21(19,20)13-7-8-16(18-5)14-9-11-15(12-10-14)17(2,3)4/h14-16,18H,6-13H2,1-5H3. The zero-order chi connectivity index (χ0) is 16.1. The highest BCUT2D eigenvalue weighted by Crippen LogP contribution is 2.41. The van der Waals surface area contributed by atoms with Crippen molar-refractivity contribution in [1.82, 2.24) is 5.32 Å². The van der Waals surface area contributed by atoms with Gasteiger partial charge in [-0.3, -0.25) is 0 Å². The van der Waals surface area contributed by atoms with Crippen LogP contribution in [0.1, 0.15) is 66.2 Å². The maximum absolute atomic E-state index is 11.6. The number of hydrogen-bond acceptors (Lipinski definition) is 3. The summed E-state index contributed by atoms with van der Waals surface area (Å²) in [5.74, 6) is 2.18. The zero-order valence-electron chi connectivity index (χ0n) is 14.6. The molecule has 1 aliphatic rings. The Balaban J connectivity index is 2.41. The van der Waals surface area contributed by atoms with E-state index < -0.39 is 9.84 Å². The van der Waals surface area contributed by atoms with Crippen LogP contribution in [0.2, 0.25) is 0 Å². The molecule has 1 aliphatic carbocycles. The number of rotatable bonds is 7. The molecule has 1 rings (SSSR count). The second kappa shape index (κ2) is 7.96. The van der Waals surface area contributed by atoms with E-state index in [0.717, 1.165) is 24.7 Å². The van der Waals surface area contributed by atoms with Crippen molar-refractivity contribution < 1.29 is 8.42 Å². The lowest BCUT2D eigenvalue weighted by molar-refractivity contribution is 0.132. The molecule has 0 bridgehead atoms. The molecule has 0 aromatic heterocycles. The Morgan fingerprint density at radius 3 is 2.14 bits per heavy atom. The molecule has 21 heavy (non-hydrogen) atoms. The van der Waals surface area contributed by atoms with Crippen LogP contribution < -0.4 is 5.32 Å².